The lowest BCUT2D eigenvalue weighted by molar-refractivity contribution is -0.429. The summed E-state index contributed by atoms with van der Waals surface area (Å²) >= 11 is 7.22. The number of likely N-dealkylation sites (N-methyl/N-ethyl adjacent to an activating group) is 2. The Hall–Kier alpha value is -8.11. The van der Waals surface area contributed by atoms with E-state index in [1.807, 2.05) is 21.3 Å². The van der Waals surface area contributed by atoms with Crippen LogP contribution in [0.2, 0.25) is 0 Å². The van der Waals surface area contributed by atoms with Crippen LogP contribution in [0.1, 0.15) is 123 Å². The van der Waals surface area contributed by atoms with Crippen molar-refractivity contribution >= 4 is 109 Å². The molecule has 0 amide bonds. The maximum Gasteiger partial charge on any atom is 0.290 e. The van der Waals surface area contributed by atoms with Gasteiger partial charge in [0, 0.05) is 71.0 Å². The minimum Gasteiger partial charge on any atom is -0.347 e. The number of rotatable bonds is 14. The lowest BCUT2D eigenvalue weighted by Crippen LogP contribution is -2.39. The molecule has 0 bridgehead atoms. The second-order valence-electron chi connectivity index (χ2n) is 27.4. The summed E-state index contributed by atoms with van der Waals surface area (Å²) in [6.07, 6.45) is 22.6. The third-order valence-corrected chi connectivity index (χ3v) is 24.2. The first-order chi connectivity index (χ1) is 44.6. The molecule has 4 aliphatic heterocycles. The number of nitrogens with zero attached hydrogens (tertiary/aromatic N) is 6. The number of halogens is 2. The molecule has 472 valence electrons. The lowest BCUT2D eigenvalue weighted by atomic mass is 9.67. The zero-order chi connectivity index (χ0) is 64.9. The van der Waals surface area contributed by atoms with Crippen molar-refractivity contribution in [2.45, 2.75) is 126 Å². The SMILES string of the molecule is Cc1ccc(CC2(C)C(=CC=CC3=[N+](CS(=O)(=O)C[N+]4=C(C=CC=C5N(C)c6ccc7ccccc7c6C5(C)Cc5ccc(C)cc5)C5(CCCCC5)c5cc(Br)c([N+](=O)[O-])cc54)c4cc([N+](=O)[O-])c(Br)cc4C34CCCCC4)N(C)c3ccc4ccccc4c32)cc1. The Bertz CT molecular complexity index is 4490. The molecule has 2 fully saturated rings. The van der Waals surface area contributed by atoms with Gasteiger partial charge in [-0.1, -0.05) is 171 Å². The van der Waals surface area contributed by atoms with E-state index in [0.29, 0.717) is 20.3 Å². The van der Waals surface area contributed by atoms with Gasteiger partial charge in [0.05, 0.1) is 41.8 Å². The Labute approximate surface area is 561 Å². The highest BCUT2D eigenvalue weighted by molar-refractivity contribution is 9.11. The lowest BCUT2D eigenvalue weighted by Gasteiger charge is -2.31. The number of nitro groups is 2. The van der Waals surface area contributed by atoms with Crippen LogP contribution >= 0.6 is 31.9 Å². The quantitative estimate of drug-likeness (QED) is 0.0597. The summed E-state index contributed by atoms with van der Waals surface area (Å²) in [6, 6.07) is 50.3. The first-order valence-electron chi connectivity index (χ1n) is 32.5. The Balaban J connectivity index is 0.926. The number of benzene rings is 8. The molecule has 12 nitrogen and oxygen atoms in total. The third kappa shape index (κ3) is 10.5. The second-order valence-corrected chi connectivity index (χ2v) is 31.1. The van der Waals surface area contributed by atoms with E-state index in [0.717, 1.165) is 133 Å². The molecule has 93 heavy (non-hydrogen) atoms. The summed E-state index contributed by atoms with van der Waals surface area (Å²) in [5, 5.41) is 30.7. The Morgan fingerprint density at radius 3 is 1.28 bits per heavy atom. The fourth-order valence-corrected chi connectivity index (χ4v) is 19.8. The average molecular weight is 1390 g/mol. The molecule has 2 unspecified atom stereocenters. The monoisotopic (exact) mass is 1380 g/mol. The van der Waals surface area contributed by atoms with Crippen LogP contribution in [0.25, 0.3) is 21.5 Å². The van der Waals surface area contributed by atoms with Crippen molar-refractivity contribution in [2.75, 3.05) is 35.6 Å². The van der Waals surface area contributed by atoms with Gasteiger partial charge in [0.2, 0.25) is 11.4 Å². The molecule has 0 aromatic heterocycles. The minimum absolute atomic E-state index is 0.154. The molecule has 6 aliphatic rings. The van der Waals surface area contributed by atoms with Crippen LogP contribution in [0.3, 0.4) is 0 Å². The molecule has 0 radical (unpaired) electrons. The number of sulfone groups is 1. The molecule has 0 N–H and O–H groups in total. The van der Waals surface area contributed by atoms with E-state index in [9.17, 15) is 20.2 Å². The van der Waals surface area contributed by atoms with E-state index >= 15 is 8.42 Å². The number of allylic oxidation sites excluding steroid dienone is 8. The third-order valence-electron chi connectivity index (χ3n) is 21.6. The number of hydrogen-bond acceptors (Lipinski definition) is 8. The summed E-state index contributed by atoms with van der Waals surface area (Å²) in [5.74, 6) is -1.02. The van der Waals surface area contributed by atoms with Crippen molar-refractivity contribution in [1.29, 1.82) is 0 Å². The van der Waals surface area contributed by atoms with E-state index in [1.165, 1.54) is 44.2 Å². The summed E-state index contributed by atoms with van der Waals surface area (Å²) in [5.41, 5.74) is 13.4. The minimum atomic E-state index is -4.29. The summed E-state index contributed by atoms with van der Waals surface area (Å²) < 4.78 is 36.7. The summed E-state index contributed by atoms with van der Waals surface area (Å²) in [6.45, 7) is 8.87. The van der Waals surface area contributed by atoms with Crippen molar-refractivity contribution in [2.24, 2.45) is 0 Å². The van der Waals surface area contributed by atoms with E-state index < -0.39 is 53.1 Å². The van der Waals surface area contributed by atoms with Crippen LogP contribution in [0.5, 0.6) is 0 Å². The highest BCUT2D eigenvalue weighted by Crippen LogP contribution is 2.57. The predicted octanol–water partition coefficient (Wildman–Crippen LogP) is 18.8. The average Bonchev–Trinajstić information content (AvgIpc) is 1.59. The molecule has 15 heteroatoms. The molecule has 8 aromatic rings. The van der Waals surface area contributed by atoms with Crippen molar-refractivity contribution in [1.82, 2.24) is 0 Å². The molecule has 8 aromatic carbocycles. The standard InChI is InChI=1S/C78H76Br2N6O6S/c1-51-27-31-53(32-28-51)47-75(3)69(81(5)63-37-35-55-19-9-11-21-57(55)73(63)75)23-17-25-71-77(39-13-7-14-40-77)59-43-61(79)67(85(87)88)45-65(59)83(71)49-93(91,92)50-84-66-46-68(86(89)90)62(80)44-60(66)78(41-15-8-16-42-78)72(84)26-18-24-70-76(4,48-54-33-29-52(2)30-34-54)74-58-22-12-10-20-56(58)36-38-64(74)82(70)6/h9-12,17-38,43-46H,7-8,13-16,39-42,47-50H2,1-6H3/q+2. The zero-order valence-corrected chi connectivity index (χ0v) is 57.5. The number of fused-ring (bicyclic) bond motifs is 10. The largest absolute Gasteiger partial charge is 0.347 e. The van der Waals surface area contributed by atoms with Crippen molar-refractivity contribution in [3.05, 3.63) is 267 Å². The van der Waals surface area contributed by atoms with Crippen LogP contribution < -0.4 is 9.80 Å². The van der Waals surface area contributed by atoms with Crippen LogP contribution in [-0.4, -0.2) is 64.7 Å². The van der Waals surface area contributed by atoms with E-state index in [-0.39, 0.29) is 11.4 Å². The van der Waals surface area contributed by atoms with Gasteiger partial charge in [-0.2, -0.15) is 9.15 Å². The first kappa shape index (κ1) is 62.3. The van der Waals surface area contributed by atoms with Gasteiger partial charge >= 0.3 is 0 Å². The predicted molar refractivity (Wildman–Crippen MR) is 383 cm³/mol. The fourth-order valence-electron chi connectivity index (χ4n) is 17.4. The van der Waals surface area contributed by atoms with Gasteiger partial charge in [-0.15, -0.1) is 0 Å². The number of anilines is 2. The summed E-state index contributed by atoms with van der Waals surface area (Å²) in [7, 11) is -0.0395. The van der Waals surface area contributed by atoms with Crippen molar-refractivity contribution in [3.8, 4) is 0 Å². The molecule has 14 rings (SSSR count). The molecule has 2 saturated carbocycles. The van der Waals surface area contributed by atoms with E-state index in [2.05, 4.69) is 241 Å². The Morgan fingerprint density at radius 1 is 0.527 bits per heavy atom. The van der Waals surface area contributed by atoms with Gasteiger partial charge in [0.15, 0.2) is 11.4 Å². The molecule has 2 spiro atoms. The fraction of sp³-hybridized carbons (Fsp3) is 0.308. The highest BCUT2D eigenvalue weighted by atomic mass is 79.9. The number of hydrogen-bond donors (Lipinski definition) is 0. The molecule has 2 atom stereocenters. The van der Waals surface area contributed by atoms with Gasteiger partial charge in [-0.05, 0) is 178 Å². The van der Waals surface area contributed by atoms with E-state index in [1.54, 1.807) is 12.1 Å². The van der Waals surface area contributed by atoms with Crippen LogP contribution in [0.15, 0.2) is 202 Å². The number of aryl methyl sites for hydroxylation is 2. The van der Waals surface area contributed by atoms with Crippen molar-refractivity contribution < 1.29 is 27.4 Å². The molecular formula is C78H76Br2N6O6S+2. The van der Waals surface area contributed by atoms with Gasteiger partial charge in [0.25, 0.3) is 33.0 Å². The molecule has 2 aliphatic carbocycles. The second kappa shape index (κ2) is 23.7. The topological polar surface area (TPSA) is 133 Å². The zero-order valence-electron chi connectivity index (χ0n) is 53.5. The van der Waals surface area contributed by atoms with Gasteiger partial charge in [0.1, 0.15) is 0 Å². The van der Waals surface area contributed by atoms with Gasteiger partial charge in [-0.3, -0.25) is 20.2 Å². The van der Waals surface area contributed by atoms with Crippen molar-refractivity contribution in [3.63, 3.8) is 0 Å². The number of nitro benzene ring substituents is 2. The highest BCUT2D eigenvalue weighted by Gasteiger charge is 2.57. The smallest absolute Gasteiger partial charge is 0.290 e. The van der Waals surface area contributed by atoms with Crippen LogP contribution in [0.4, 0.5) is 34.1 Å². The maximum atomic E-state index is 16.2. The van der Waals surface area contributed by atoms with Gasteiger partial charge in [-0.25, -0.2) is 8.42 Å². The maximum absolute atomic E-state index is 16.2. The molecule has 0 saturated heterocycles. The Kier molecular flexibility index (Phi) is 15.9. The first-order valence-corrected chi connectivity index (χ1v) is 35.9. The summed E-state index contributed by atoms with van der Waals surface area (Å²) in [4.78, 5) is 29.7. The van der Waals surface area contributed by atoms with Gasteiger partial charge < -0.3 is 9.80 Å². The van der Waals surface area contributed by atoms with E-state index in [4.69, 9.17) is 0 Å². The molecular weight excluding hydrogens is 1310 g/mol. The van der Waals surface area contributed by atoms with Crippen LogP contribution in [0, 0.1) is 34.1 Å². The van der Waals surface area contributed by atoms with Crippen LogP contribution in [-0.2, 0) is 44.3 Å². The normalized spacial score (nSPS) is 21.4. The molecule has 4 heterocycles. The Morgan fingerprint density at radius 2 is 0.903 bits per heavy atom.